The molecule has 2 aromatic heterocycles. The maximum absolute atomic E-state index is 13.1. The molecule has 1 N–H and O–H groups in total. The first-order valence-electron chi connectivity index (χ1n) is 5.76. The van der Waals surface area contributed by atoms with Crippen molar-refractivity contribution in [2.45, 2.75) is 24.9 Å². The molecular formula is C12H10F2N4O. The van der Waals surface area contributed by atoms with E-state index in [1.54, 1.807) is 12.1 Å². The van der Waals surface area contributed by atoms with E-state index in [1.807, 2.05) is 6.07 Å². The summed E-state index contributed by atoms with van der Waals surface area (Å²) in [5.41, 5.74) is 0.252. The van der Waals surface area contributed by atoms with Crippen LogP contribution < -0.4 is 5.32 Å². The lowest BCUT2D eigenvalue weighted by Crippen LogP contribution is -2.30. The van der Waals surface area contributed by atoms with Crippen molar-refractivity contribution in [3.8, 4) is 6.07 Å². The SMILES string of the molecule is N#Cc1cnn2c1N[C@@H](c1ccco1)C[C@H]2C(F)F. The lowest BCUT2D eigenvalue weighted by atomic mass is 10.0. The molecule has 3 heterocycles. The van der Waals surface area contributed by atoms with E-state index in [1.165, 1.54) is 17.1 Å². The average molecular weight is 264 g/mol. The average Bonchev–Trinajstić information content (AvgIpc) is 3.06. The van der Waals surface area contributed by atoms with Crippen LogP contribution in [-0.2, 0) is 0 Å². The van der Waals surface area contributed by atoms with Gasteiger partial charge in [-0.25, -0.2) is 13.5 Å². The predicted molar refractivity (Wildman–Crippen MR) is 61.7 cm³/mol. The Morgan fingerprint density at radius 2 is 2.42 bits per heavy atom. The van der Waals surface area contributed by atoms with Crippen molar-refractivity contribution in [3.63, 3.8) is 0 Å². The minimum Gasteiger partial charge on any atom is -0.467 e. The first-order valence-corrected chi connectivity index (χ1v) is 5.76. The second kappa shape index (κ2) is 4.39. The van der Waals surface area contributed by atoms with Gasteiger partial charge >= 0.3 is 0 Å². The van der Waals surface area contributed by atoms with Crippen LogP contribution in [0.4, 0.5) is 14.6 Å². The van der Waals surface area contributed by atoms with E-state index in [0.717, 1.165) is 0 Å². The molecule has 0 spiro atoms. The van der Waals surface area contributed by atoms with Gasteiger partial charge in [-0.15, -0.1) is 0 Å². The highest BCUT2D eigenvalue weighted by Gasteiger charge is 2.36. The van der Waals surface area contributed by atoms with Crippen LogP contribution in [0.5, 0.6) is 0 Å². The van der Waals surface area contributed by atoms with Crippen molar-refractivity contribution < 1.29 is 13.2 Å². The largest absolute Gasteiger partial charge is 0.467 e. The molecule has 0 amide bonds. The van der Waals surface area contributed by atoms with Crippen LogP contribution in [0.25, 0.3) is 0 Å². The Morgan fingerprint density at radius 3 is 3.05 bits per heavy atom. The molecule has 5 nitrogen and oxygen atoms in total. The number of hydrogen-bond donors (Lipinski definition) is 1. The highest BCUT2D eigenvalue weighted by atomic mass is 19.3. The van der Waals surface area contributed by atoms with E-state index in [4.69, 9.17) is 9.68 Å². The van der Waals surface area contributed by atoms with E-state index in [2.05, 4.69) is 10.4 Å². The van der Waals surface area contributed by atoms with Gasteiger partial charge in [0.25, 0.3) is 6.43 Å². The van der Waals surface area contributed by atoms with E-state index in [0.29, 0.717) is 11.6 Å². The number of rotatable bonds is 2. The van der Waals surface area contributed by atoms with Crippen LogP contribution in [0.2, 0.25) is 0 Å². The lowest BCUT2D eigenvalue weighted by molar-refractivity contribution is 0.0645. The summed E-state index contributed by atoms with van der Waals surface area (Å²) < 4.78 is 32.7. The molecule has 98 valence electrons. The summed E-state index contributed by atoms with van der Waals surface area (Å²) in [7, 11) is 0. The number of alkyl halides is 2. The fraction of sp³-hybridized carbons (Fsp3) is 0.333. The zero-order chi connectivity index (χ0) is 13.4. The summed E-state index contributed by atoms with van der Waals surface area (Å²) in [6.45, 7) is 0. The van der Waals surface area contributed by atoms with Gasteiger partial charge in [0.15, 0.2) is 0 Å². The van der Waals surface area contributed by atoms with Crippen molar-refractivity contribution in [1.82, 2.24) is 9.78 Å². The molecule has 19 heavy (non-hydrogen) atoms. The molecule has 0 bridgehead atoms. The number of nitrogens with zero attached hydrogens (tertiary/aromatic N) is 3. The molecule has 1 aliphatic heterocycles. The van der Waals surface area contributed by atoms with E-state index in [-0.39, 0.29) is 18.0 Å². The maximum Gasteiger partial charge on any atom is 0.260 e. The van der Waals surface area contributed by atoms with Gasteiger partial charge in [-0.3, -0.25) is 0 Å². The number of hydrogen-bond acceptors (Lipinski definition) is 4. The van der Waals surface area contributed by atoms with Crippen LogP contribution >= 0.6 is 0 Å². The van der Waals surface area contributed by atoms with Gasteiger partial charge < -0.3 is 9.73 Å². The number of halogens is 2. The Hall–Kier alpha value is -2.36. The normalized spacial score (nSPS) is 21.8. The fourth-order valence-electron chi connectivity index (χ4n) is 2.29. The zero-order valence-electron chi connectivity index (χ0n) is 9.75. The summed E-state index contributed by atoms with van der Waals surface area (Å²) in [5.74, 6) is 0.891. The highest BCUT2D eigenvalue weighted by Crippen LogP contribution is 2.39. The third kappa shape index (κ3) is 1.85. The standard InChI is InChI=1S/C12H10F2N4O/c13-11(14)9-4-8(10-2-1-3-19-10)17-12-7(5-15)6-16-18(9)12/h1-3,6,8-9,11,17H,4H2/t8-,9+/m1/s1. The van der Waals surface area contributed by atoms with E-state index < -0.39 is 12.5 Å². The summed E-state index contributed by atoms with van der Waals surface area (Å²) in [6, 6.07) is 3.91. The van der Waals surface area contributed by atoms with Crippen molar-refractivity contribution in [1.29, 1.82) is 5.26 Å². The monoisotopic (exact) mass is 264 g/mol. The maximum atomic E-state index is 13.1. The minimum atomic E-state index is -2.55. The van der Waals surface area contributed by atoms with Crippen molar-refractivity contribution >= 4 is 5.82 Å². The topological polar surface area (TPSA) is 66.8 Å². The van der Waals surface area contributed by atoms with Crippen LogP contribution in [0.15, 0.2) is 29.0 Å². The van der Waals surface area contributed by atoms with Crippen molar-refractivity contribution in [3.05, 3.63) is 35.9 Å². The Labute approximate surface area is 107 Å². The molecule has 2 atom stereocenters. The molecule has 7 heteroatoms. The first-order chi connectivity index (χ1) is 9.20. The summed E-state index contributed by atoms with van der Waals surface area (Å²) >= 11 is 0. The summed E-state index contributed by atoms with van der Waals surface area (Å²) in [4.78, 5) is 0. The number of furan rings is 1. The van der Waals surface area contributed by atoms with Crippen molar-refractivity contribution in [2.75, 3.05) is 5.32 Å². The third-order valence-corrected chi connectivity index (χ3v) is 3.20. The van der Waals surface area contributed by atoms with Gasteiger partial charge in [0, 0.05) is 6.42 Å². The Balaban J connectivity index is 2.02. The van der Waals surface area contributed by atoms with Crippen molar-refractivity contribution in [2.24, 2.45) is 0 Å². The molecule has 0 radical (unpaired) electrons. The molecule has 0 aliphatic carbocycles. The molecular weight excluding hydrogens is 254 g/mol. The molecule has 0 aromatic carbocycles. The number of nitrogens with one attached hydrogen (secondary N) is 1. The third-order valence-electron chi connectivity index (χ3n) is 3.20. The molecule has 0 saturated heterocycles. The second-order valence-corrected chi connectivity index (χ2v) is 4.31. The quantitative estimate of drug-likeness (QED) is 0.905. The predicted octanol–water partition coefficient (Wildman–Crippen LogP) is 2.71. The smallest absolute Gasteiger partial charge is 0.260 e. The molecule has 0 saturated carbocycles. The van der Waals surface area contributed by atoms with Gasteiger partial charge in [0.05, 0.1) is 18.5 Å². The van der Waals surface area contributed by atoms with Gasteiger partial charge in [0.2, 0.25) is 0 Å². The Kier molecular flexibility index (Phi) is 2.71. The summed E-state index contributed by atoms with van der Waals surface area (Å²) in [6.07, 6.45) is 0.392. The lowest BCUT2D eigenvalue weighted by Gasteiger charge is -2.30. The van der Waals surface area contributed by atoms with Gasteiger partial charge in [0.1, 0.15) is 29.3 Å². The Morgan fingerprint density at radius 1 is 1.58 bits per heavy atom. The van der Waals surface area contributed by atoms with Gasteiger partial charge in [-0.1, -0.05) is 0 Å². The molecule has 0 fully saturated rings. The van der Waals surface area contributed by atoms with E-state index >= 15 is 0 Å². The van der Waals surface area contributed by atoms with Gasteiger partial charge in [-0.05, 0) is 12.1 Å². The number of nitriles is 1. The highest BCUT2D eigenvalue weighted by molar-refractivity contribution is 5.54. The Bertz CT molecular complexity index is 614. The van der Waals surface area contributed by atoms with Crippen LogP contribution in [0.3, 0.4) is 0 Å². The zero-order valence-corrected chi connectivity index (χ0v) is 9.75. The van der Waals surface area contributed by atoms with Gasteiger partial charge in [-0.2, -0.15) is 10.4 Å². The summed E-state index contributed by atoms with van der Waals surface area (Å²) in [5, 5.41) is 15.9. The molecule has 0 unspecified atom stereocenters. The molecule has 3 rings (SSSR count). The van der Waals surface area contributed by atoms with E-state index in [9.17, 15) is 8.78 Å². The molecule has 2 aromatic rings. The number of aromatic nitrogens is 2. The van der Waals surface area contributed by atoms with Crippen LogP contribution in [0, 0.1) is 11.3 Å². The fourth-order valence-corrected chi connectivity index (χ4v) is 2.29. The second-order valence-electron chi connectivity index (χ2n) is 4.31. The molecule has 1 aliphatic rings. The van der Waals surface area contributed by atoms with Crippen LogP contribution in [0.1, 0.15) is 29.8 Å². The first kappa shape index (κ1) is 11.7. The number of anilines is 1. The number of fused-ring (bicyclic) bond motifs is 1. The minimum absolute atomic E-state index is 0.157. The van der Waals surface area contributed by atoms with Crippen LogP contribution in [-0.4, -0.2) is 16.2 Å².